The Morgan fingerprint density at radius 1 is 1.12 bits per heavy atom. The fraction of sp³-hybridized carbons (Fsp3) is 0.846. The molecule has 0 rings (SSSR count). The molecule has 2 amide bonds. The van der Waals surface area contributed by atoms with E-state index in [0.29, 0.717) is 25.4 Å². The summed E-state index contributed by atoms with van der Waals surface area (Å²) < 4.78 is 0. The highest BCUT2D eigenvalue weighted by Gasteiger charge is 2.27. The van der Waals surface area contributed by atoms with E-state index in [1.807, 2.05) is 13.8 Å². The van der Waals surface area contributed by atoms with E-state index in [0.717, 1.165) is 6.42 Å². The predicted molar refractivity (Wildman–Crippen MR) is 69.5 cm³/mol. The van der Waals surface area contributed by atoms with Gasteiger partial charge in [-0.25, -0.2) is 0 Å². The smallest absolute Gasteiger partial charge is 0.225 e. The second kappa shape index (κ2) is 7.30. The molecule has 100 valence electrons. The number of carbonyl (C=O) groups excluding carboxylic acids is 2. The zero-order chi connectivity index (χ0) is 13.5. The van der Waals surface area contributed by atoms with Crippen molar-refractivity contribution in [2.24, 2.45) is 11.3 Å². The standard InChI is InChI=1S/C13H26N2O2/c1-6-11(16)14-7-8-15-12(17)13(4,5)9-10(2)3/h10H,6-9H2,1-5H3,(H,14,16)(H,15,17). The summed E-state index contributed by atoms with van der Waals surface area (Å²) in [6, 6.07) is 0. The van der Waals surface area contributed by atoms with Crippen molar-refractivity contribution in [1.82, 2.24) is 10.6 Å². The Balaban J connectivity index is 3.89. The van der Waals surface area contributed by atoms with Gasteiger partial charge in [0, 0.05) is 24.9 Å². The van der Waals surface area contributed by atoms with Crippen LogP contribution in [0.3, 0.4) is 0 Å². The highest BCUT2D eigenvalue weighted by Crippen LogP contribution is 2.25. The summed E-state index contributed by atoms with van der Waals surface area (Å²) in [6.07, 6.45) is 1.34. The summed E-state index contributed by atoms with van der Waals surface area (Å²) in [4.78, 5) is 22.9. The Bertz CT molecular complexity index is 260. The van der Waals surface area contributed by atoms with Crippen LogP contribution in [0.25, 0.3) is 0 Å². The average molecular weight is 242 g/mol. The van der Waals surface area contributed by atoms with Gasteiger partial charge >= 0.3 is 0 Å². The third-order valence-corrected chi connectivity index (χ3v) is 2.59. The fourth-order valence-electron chi connectivity index (χ4n) is 1.86. The first kappa shape index (κ1) is 15.9. The van der Waals surface area contributed by atoms with Crippen molar-refractivity contribution in [3.63, 3.8) is 0 Å². The van der Waals surface area contributed by atoms with Crippen molar-refractivity contribution in [3.05, 3.63) is 0 Å². The molecule has 4 nitrogen and oxygen atoms in total. The molecule has 0 aromatic rings. The maximum absolute atomic E-state index is 11.9. The minimum absolute atomic E-state index is 0.0145. The molecule has 0 aliphatic rings. The number of nitrogens with one attached hydrogen (secondary N) is 2. The van der Waals surface area contributed by atoms with Crippen LogP contribution in [-0.4, -0.2) is 24.9 Å². The molecule has 0 heterocycles. The van der Waals surface area contributed by atoms with Gasteiger partial charge < -0.3 is 10.6 Å². The maximum Gasteiger partial charge on any atom is 0.225 e. The molecule has 0 bridgehead atoms. The minimum Gasteiger partial charge on any atom is -0.354 e. The lowest BCUT2D eigenvalue weighted by Gasteiger charge is -2.25. The van der Waals surface area contributed by atoms with Gasteiger partial charge in [0.25, 0.3) is 0 Å². The van der Waals surface area contributed by atoms with Crippen LogP contribution in [0.1, 0.15) is 47.5 Å². The third-order valence-electron chi connectivity index (χ3n) is 2.59. The van der Waals surface area contributed by atoms with E-state index in [2.05, 4.69) is 24.5 Å². The van der Waals surface area contributed by atoms with E-state index >= 15 is 0 Å². The first-order valence-corrected chi connectivity index (χ1v) is 6.34. The quantitative estimate of drug-likeness (QED) is 0.668. The van der Waals surface area contributed by atoms with E-state index in [4.69, 9.17) is 0 Å². The van der Waals surface area contributed by atoms with Gasteiger partial charge in [0.1, 0.15) is 0 Å². The first-order chi connectivity index (χ1) is 7.79. The molecule has 0 aliphatic carbocycles. The Labute approximate surface area is 105 Å². The Morgan fingerprint density at radius 2 is 1.65 bits per heavy atom. The molecule has 0 aliphatic heterocycles. The Hall–Kier alpha value is -1.06. The zero-order valence-corrected chi connectivity index (χ0v) is 11.7. The van der Waals surface area contributed by atoms with Gasteiger partial charge in [-0.3, -0.25) is 9.59 Å². The lowest BCUT2D eigenvalue weighted by atomic mass is 9.83. The predicted octanol–water partition coefficient (Wildman–Crippen LogP) is 1.70. The zero-order valence-electron chi connectivity index (χ0n) is 11.7. The molecule has 0 fully saturated rings. The van der Waals surface area contributed by atoms with Crippen LogP contribution in [0.4, 0.5) is 0 Å². The number of hydrogen-bond donors (Lipinski definition) is 2. The summed E-state index contributed by atoms with van der Waals surface area (Å²) in [6.45, 7) is 10.9. The summed E-state index contributed by atoms with van der Waals surface area (Å²) >= 11 is 0. The van der Waals surface area contributed by atoms with Crippen LogP contribution >= 0.6 is 0 Å². The van der Waals surface area contributed by atoms with Crippen LogP contribution < -0.4 is 10.6 Å². The van der Waals surface area contributed by atoms with Crippen molar-refractivity contribution < 1.29 is 9.59 Å². The molecule has 0 saturated heterocycles. The molecule has 4 heteroatoms. The Morgan fingerprint density at radius 3 is 2.12 bits per heavy atom. The lowest BCUT2D eigenvalue weighted by Crippen LogP contribution is -2.41. The fourth-order valence-corrected chi connectivity index (χ4v) is 1.86. The van der Waals surface area contributed by atoms with Gasteiger partial charge in [-0.2, -0.15) is 0 Å². The van der Waals surface area contributed by atoms with Gasteiger partial charge in [-0.05, 0) is 12.3 Å². The minimum atomic E-state index is -0.344. The van der Waals surface area contributed by atoms with Gasteiger partial charge in [0.15, 0.2) is 0 Å². The number of rotatable bonds is 7. The van der Waals surface area contributed by atoms with Crippen molar-refractivity contribution in [1.29, 1.82) is 0 Å². The van der Waals surface area contributed by atoms with Crippen LogP contribution in [0, 0.1) is 11.3 Å². The highest BCUT2D eigenvalue weighted by molar-refractivity contribution is 5.81. The van der Waals surface area contributed by atoms with Gasteiger partial charge in [-0.1, -0.05) is 34.6 Å². The van der Waals surface area contributed by atoms with Crippen LogP contribution in [0.15, 0.2) is 0 Å². The Kier molecular flexibility index (Phi) is 6.85. The van der Waals surface area contributed by atoms with Gasteiger partial charge in [0.05, 0.1) is 0 Å². The first-order valence-electron chi connectivity index (χ1n) is 6.34. The van der Waals surface area contributed by atoms with Crippen molar-refractivity contribution in [3.8, 4) is 0 Å². The molecule has 0 saturated carbocycles. The molecular formula is C13H26N2O2. The number of hydrogen-bond acceptors (Lipinski definition) is 2. The van der Waals surface area contributed by atoms with Crippen LogP contribution in [0.2, 0.25) is 0 Å². The van der Waals surface area contributed by atoms with E-state index in [1.165, 1.54) is 0 Å². The summed E-state index contributed by atoms with van der Waals surface area (Å²) in [7, 11) is 0. The largest absolute Gasteiger partial charge is 0.354 e. The third kappa shape index (κ3) is 6.97. The molecule has 0 unspecified atom stereocenters. The van der Waals surface area contributed by atoms with Gasteiger partial charge in [0.2, 0.25) is 11.8 Å². The molecule has 2 N–H and O–H groups in total. The van der Waals surface area contributed by atoms with E-state index in [9.17, 15) is 9.59 Å². The summed E-state index contributed by atoms with van der Waals surface area (Å²) in [5.74, 6) is 0.563. The monoisotopic (exact) mass is 242 g/mol. The maximum atomic E-state index is 11.9. The second-order valence-electron chi connectivity index (χ2n) is 5.44. The molecule has 0 spiro atoms. The normalized spacial score (nSPS) is 11.4. The summed E-state index contributed by atoms with van der Waals surface area (Å²) in [5, 5.41) is 5.58. The van der Waals surface area contributed by atoms with Gasteiger partial charge in [-0.15, -0.1) is 0 Å². The SMILES string of the molecule is CCC(=O)NCCNC(=O)C(C)(C)CC(C)C. The van der Waals surface area contributed by atoms with Crippen LogP contribution in [0.5, 0.6) is 0 Å². The highest BCUT2D eigenvalue weighted by atomic mass is 16.2. The topological polar surface area (TPSA) is 58.2 Å². The van der Waals surface area contributed by atoms with Crippen molar-refractivity contribution in [2.45, 2.75) is 47.5 Å². The van der Waals surface area contributed by atoms with Crippen molar-refractivity contribution in [2.75, 3.05) is 13.1 Å². The van der Waals surface area contributed by atoms with E-state index in [-0.39, 0.29) is 17.2 Å². The molecular weight excluding hydrogens is 216 g/mol. The van der Waals surface area contributed by atoms with Crippen molar-refractivity contribution >= 4 is 11.8 Å². The molecule has 0 atom stereocenters. The average Bonchev–Trinajstić information content (AvgIpc) is 2.21. The lowest BCUT2D eigenvalue weighted by molar-refractivity contribution is -0.130. The second-order valence-corrected chi connectivity index (χ2v) is 5.44. The van der Waals surface area contributed by atoms with Crippen LogP contribution in [-0.2, 0) is 9.59 Å². The summed E-state index contributed by atoms with van der Waals surface area (Å²) in [5.41, 5.74) is -0.344. The molecule has 0 aromatic heterocycles. The molecule has 0 aromatic carbocycles. The van der Waals surface area contributed by atoms with E-state index in [1.54, 1.807) is 6.92 Å². The molecule has 0 radical (unpaired) electrons. The van der Waals surface area contributed by atoms with E-state index < -0.39 is 0 Å². The number of carbonyl (C=O) groups is 2. The molecule has 17 heavy (non-hydrogen) atoms. The number of amides is 2.